The van der Waals surface area contributed by atoms with Crippen molar-refractivity contribution in [3.05, 3.63) is 35.5 Å². The topological polar surface area (TPSA) is 0 Å². The summed E-state index contributed by atoms with van der Waals surface area (Å²) < 4.78 is 0. The van der Waals surface area contributed by atoms with Gasteiger partial charge in [0, 0.05) is 0 Å². The van der Waals surface area contributed by atoms with Crippen LogP contribution in [0, 0.1) is 11.8 Å². The third kappa shape index (κ3) is 3.10. The number of rotatable bonds is 3. The molecule has 0 aromatic rings. The summed E-state index contributed by atoms with van der Waals surface area (Å²) in [5, 5.41) is 0. The van der Waals surface area contributed by atoms with Gasteiger partial charge in [-0.25, -0.2) is 0 Å². The highest BCUT2D eigenvalue weighted by atomic mass is 14.2. The van der Waals surface area contributed by atoms with Crippen molar-refractivity contribution >= 4 is 0 Å². The molecule has 2 rings (SSSR count). The highest BCUT2D eigenvalue weighted by Crippen LogP contribution is 2.31. The lowest BCUT2D eigenvalue weighted by atomic mass is 9.97. The van der Waals surface area contributed by atoms with E-state index < -0.39 is 0 Å². The van der Waals surface area contributed by atoms with Crippen molar-refractivity contribution in [2.75, 3.05) is 0 Å². The number of allylic oxidation sites excluding steroid dienone is 6. The minimum atomic E-state index is 0.662. The summed E-state index contributed by atoms with van der Waals surface area (Å²) in [4.78, 5) is 0. The van der Waals surface area contributed by atoms with Gasteiger partial charge in [0.25, 0.3) is 0 Å². The van der Waals surface area contributed by atoms with Crippen LogP contribution in [-0.2, 0) is 0 Å². The second-order valence-corrected chi connectivity index (χ2v) is 5.56. The van der Waals surface area contributed by atoms with Crippen LogP contribution < -0.4 is 0 Å². The summed E-state index contributed by atoms with van der Waals surface area (Å²) in [5.41, 5.74) is 3.07. The summed E-state index contributed by atoms with van der Waals surface area (Å²) in [7, 11) is 0. The number of hydrogen-bond acceptors (Lipinski definition) is 0. The van der Waals surface area contributed by atoms with E-state index in [9.17, 15) is 0 Å². The molecule has 16 heavy (non-hydrogen) atoms. The fraction of sp³-hybridized carbons (Fsp3) is 0.625. The van der Waals surface area contributed by atoms with Crippen molar-refractivity contribution in [3.8, 4) is 0 Å². The van der Waals surface area contributed by atoms with Gasteiger partial charge in [-0.2, -0.15) is 0 Å². The van der Waals surface area contributed by atoms with Crippen LogP contribution in [0.15, 0.2) is 35.5 Å². The maximum atomic E-state index is 2.42. The minimum Gasteiger partial charge on any atom is -0.0775 e. The molecule has 88 valence electrons. The summed E-state index contributed by atoms with van der Waals surface area (Å²) in [6, 6.07) is 0. The Balaban J connectivity index is 1.93. The van der Waals surface area contributed by atoms with Crippen LogP contribution in [0.5, 0.6) is 0 Å². The normalized spacial score (nSPS) is 22.2. The first-order valence-electron chi connectivity index (χ1n) is 6.83. The van der Waals surface area contributed by atoms with Gasteiger partial charge in [0.1, 0.15) is 0 Å². The molecule has 0 amide bonds. The molecule has 0 spiro atoms. The Bertz CT molecular complexity index is 309. The van der Waals surface area contributed by atoms with Gasteiger partial charge in [0.15, 0.2) is 0 Å². The maximum absolute atomic E-state index is 2.42. The van der Waals surface area contributed by atoms with E-state index in [2.05, 4.69) is 38.2 Å². The van der Waals surface area contributed by atoms with E-state index in [0.717, 1.165) is 12.3 Å². The van der Waals surface area contributed by atoms with Crippen molar-refractivity contribution < 1.29 is 0 Å². The van der Waals surface area contributed by atoms with Crippen LogP contribution in [-0.4, -0.2) is 0 Å². The fourth-order valence-corrected chi connectivity index (χ4v) is 2.81. The fourth-order valence-electron chi connectivity index (χ4n) is 2.81. The molecular formula is C16H24. The Morgan fingerprint density at radius 2 is 1.88 bits per heavy atom. The van der Waals surface area contributed by atoms with Crippen molar-refractivity contribution in [3.63, 3.8) is 0 Å². The lowest BCUT2D eigenvalue weighted by Gasteiger charge is -2.09. The van der Waals surface area contributed by atoms with Crippen molar-refractivity contribution in [2.24, 2.45) is 11.8 Å². The SMILES string of the molecule is CC(C)C1=CCC=C(CC2CCCC2)C=C1. The Morgan fingerprint density at radius 1 is 1.12 bits per heavy atom. The van der Waals surface area contributed by atoms with Crippen LogP contribution in [0.3, 0.4) is 0 Å². The number of hydrogen-bond donors (Lipinski definition) is 0. The minimum absolute atomic E-state index is 0.662. The third-order valence-electron chi connectivity index (χ3n) is 3.89. The summed E-state index contributed by atoms with van der Waals surface area (Å²) in [6.07, 6.45) is 17.8. The molecule has 2 aliphatic rings. The van der Waals surface area contributed by atoms with E-state index in [-0.39, 0.29) is 0 Å². The zero-order valence-corrected chi connectivity index (χ0v) is 10.7. The first-order chi connectivity index (χ1) is 7.75. The molecule has 0 radical (unpaired) electrons. The van der Waals surface area contributed by atoms with Gasteiger partial charge in [0.05, 0.1) is 0 Å². The molecule has 2 aliphatic carbocycles. The van der Waals surface area contributed by atoms with Crippen LogP contribution in [0.25, 0.3) is 0 Å². The molecule has 0 atom stereocenters. The van der Waals surface area contributed by atoms with Gasteiger partial charge in [-0.3, -0.25) is 0 Å². The van der Waals surface area contributed by atoms with Crippen LogP contribution in [0.2, 0.25) is 0 Å². The average Bonchev–Trinajstić information content (AvgIpc) is 2.63. The van der Waals surface area contributed by atoms with Gasteiger partial charge >= 0.3 is 0 Å². The van der Waals surface area contributed by atoms with E-state index in [1.54, 1.807) is 5.57 Å². The van der Waals surface area contributed by atoms with Gasteiger partial charge in [-0.15, -0.1) is 0 Å². The van der Waals surface area contributed by atoms with Crippen molar-refractivity contribution in [2.45, 2.75) is 52.4 Å². The Kier molecular flexibility index (Phi) is 4.04. The van der Waals surface area contributed by atoms with Crippen LogP contribution in [0.4, 0.5) is 0 Å². The highest BCUT2D eigenvalue weighted by molar-refractivity contribution is 5.33. The van der Waals surface area contributed by atoms with Crippen LogP contribution in [0.1, 0.15) is 52.4 Å². The second-order valence-electron chi connectivity index (χ2n) is 5.56. The Labute approximate surface area is 100 Å². The average molecular weight is 216 g/mol. The molecule has 1 saturated carbocycles. The molecule has 0 bridgehead atoms. The maximum Gasteiger partial charge on any atom is -0.0157 e. The molecule has 0 nitrogen and oxygen atoms in total. The van der Waals surface area contributed by atoms with Gasteiger partial charge in [-0.1, -0.05) is 69.4 Å². The largest absolute Gasteiger partial charge is 0.0775 e. The van der Waals surface area contributed by atoms with Gasteiger partial charge in [-0.05, 0) is 30.3 Å². The molecule has 1 fully saturated rings. The molecule has 0 aromatic heterocycles. The molecule has 0 aromatic carbocycles. The molecule has 0 heterocycles. The van der Waals surface area contributed by atoms with E-state index in [4.69, 9.17) is 0 Å². The predicted octanol–water partition coefficient (Wildman–Crippen LogP) is 5.04. The Hall–Kier alpha value is -0.780. The summed E-state index contributed by atoms with van der Waals surface area (Å²) >= 11 is 0. The predicted molar refractivity (Wildman–Crippen MR) is 71.3 cm³/mol. The Morgan fingerprint density at radius 3 is 2.56 bits per heavy atom. The third-order valence-corrected chi connectivity index (χ3v) is 3.89. The van der Waals surface area contributed by atoms with E-state index in [0.29, 0.717) is 5.92 Å². The van der Waals surface area contributed by atoms with E-state index in [1.807, 2.05) is 0 Å². The smallest absolute Gasteiger partial charge is 0.0157 e. The first kappa shape index (κ1) is 11.7. The quantitative estimate of drug-likeness (QED) is 0.620. The zero-order valence-electron chi connectivity index (χ0n) is 10.7. The zero-order chi connectivity index (χ0) is 11.4. The van der Waals surface area contributed by atoms with E-state index >= 15 is 0 Å². The summed E-state index contributed by atoms with van der Waals surface area (Å²) in [6.45, 7) is 4.55. The monoisotopic (exact) mass is 216 g/mol. The lowest BCUT2D eigenvalue weighted by Crippen LogP contribution is -1.94. The van der Waals surface area contributed by atoms with Crippen molar-refractivity contribution in [1.82, 2.24) is 0 Å². The highest BCUT2D eigenvalue weighted by Gasteiger charge is 2.15. The molecule has 0 unspecified atom stereocenters. The van der Waals surface area contributed by atoms with Gasteiger partial charge < -0.3 is 0 Å². The molecule has 0 aliphatic heterocycles. The molecule has 0 N–H and O–H groups in total. The van der Waals surface area contributed by atoms with E-state index in [1.165, 1.54) is 37.7 Å². The molecular weight excluding hydrogens is 192 g/mol. The standard InChI is InChI=1S/C16H24/c1-13(2)16-9-5-8-15(10-11-16)12-14-6-3-4-7-14/h8-11,13-14H,3-7,12H2,1-2H3. The second kappa shape index (κ2) is 5.52. The molecule has 0 heteroatoms. The summed E-state index contributed by atoms with van der Waals surface area (Å²) in [5.74, 6) is 1.63. The lowest BCUT2D eigenvalue weighted by molar-refractivity contribution is 0.548. The molecule has 0 saturated heterocycles. The van der Waals surface area contributed by atoms with Crippen LogP contribution >= 0.6 is 0 Å². The first-order valence-corrected chi connectivity index (χ1v) is 6.83. The van der Waals surface area contributed by atoms with Gasteiger partial charge in [0.2, 0.25) is 0 Å². The van der Waals surface area contributed by atoms with Crippen molar-refractivity contribution in [1.29, 1.82) is 0 Å².